The van der Waals surface area contributed by atoms with E-state index >= 15 is 0 Å². The van der Waals surface area contributed by atoms with Crippen molar-refractivity contribution in [2.45, 2.75) is 114 Å². The molecule has 2 rings (SSSR count). The topological polar surface area (TPSA) is 0 Å². The molecule has 40 heavy (non-hydrogen) atoms. The van der Waals surface area contributed by atoms with Crippen molar-refractivity contribution in [3.05, 3.63) is 106 Å². The molecule has 0 radical (unpaired) electrons. The smallest absolute Gasteiger partial charge is 0.0153 e. The lowest BCUT2D eigenvalue weighted by molar-refractivity contribution is 0.376. The first kappa shape index (κ1) is 33.4. The van der Waals surface area contributed by atoms with E-state index < -0.39 is 0 Å². The van der Waals surface area contributed by atoms with Gasteiger partial charge < -0.3 is 0 Å². The first-order valence-corrected chi connectivity index (χ1v) is 15.4. The highest BCUT2D eigenvalue weighted by Crippen LogP contribution is 2.41. The van der Waals surface area contributed by atoms with Gasteiger partial charge in [-0.2, -0.15) is 0 Å². The van der Waals surface area contributed by atoms with Gasteiger partial charge in [0.15, 0.2) is 0 Å². The maximum atomic E-state index is 3.37. The lowest BCUT2D eigenvalue weighted by Gasteiger charge is -2.33. The second-order valence-corrected chi connectivity index (χ2v) is 13.4. The summed E-state index contributed by atoms with van der Waals surface area (Å²) in [6.45, 7) is 22.8. The van der Waals surface area contributed by atoms with Crippen LogP contribution in [-0.4, -0.2) is 0 Å². The summed E-state index contributed by atoms with van der Waals surface area (Å²) in [6.07, 6.45) is 32.6. The maximum absolute atomic E-state index is 3.37. The second-order valence-electron chi connectivity index (χ2n) is 13.4. The van der Waals surface area contributed by atoms with Crippen molar-refractivity contribution in [1.29, 1.82) is 0 Å². The molecule has 2 aliphatic carbocycles. The van der Waals surface area contributed by atoms with E-state index in [1.807, 2.05) is 0 Å². The third kappa shape index (κ3) is 11.4. The van der Waals surface area contributed by atoms with Gasteiger partial charge in [0.25, 0.3) is 0 Å². The van der Waals surface area contributed by atoms with E-state index in [2.05, 4.69) is 148 Å². The predicted octanol–water partition coefficient (Wildman–Crippen LogP) is 12.1. The highest BCUT2D eigenvalue weighted by atomic mass is 14.3. The Morgan fingerprint density at radius 1 is 0.975 bits per heavy atom. The molecule has 0 saturated carbocycles. The molecule has 0 aliphatic heterocycles. The van der Waals surface area contributed by atoms with Crippen LogP contribution in [0.4, 0.5) is 0 Å². The predicted molar refractivity (Wildman–Crippen MR) is 180 cm³/mol. The Morgan fingerprint density at radius 3 is 2.40 bits per heavy atom. The van der Waals surface area contributed by atoms with Crippen LogP contribution in [-0.2, 0) is 0 Å². The summed E-state index contributed by atoms with van der Waals surface area (Å²) >= 11 is 0. The van der Waals surface area contributed by atoms with Crippen molar-refractivity contribution in [2.24, 2.45) is 16.7 Å². The van der Waals surface area contributed by atoms with Crippen LogP contribution in [0.3, 0.4) is 0 Å². The van der Waals surface area contributed by atoms with E-state index in [0.717, 1.165) is 31.3 Å². The number of allylic oxidation sites excluding steroid dienone is 18. The molecule has 0 N–H and O–H groups in total. The molecule has 0 aromatic rings. The molecule has 0 aromatic carbocycles. The molecule has 0 heterocycles. The molecule has 216 valence electrons. The van der Waals surface area contributed by atoms with Crippen LogP contribution in [0, 0.1) is 28.6 Å². The fourth-order valence-electron chi connectivity index (χ4n) is 5.80. The minimum Gasteiger partial charge on any atom is -0.0976 e. The van der Waals surface area contributed by atoms with E-state index in [4.69, 9.17) is 0 Å². The minimum atomic E-state index is 0.196. The van der Waals surface area contributed by atoms with Gasteiger partial charge in [0.2, 0.25) is 0 Å². The first-order chi connectivity index (χ1) is 18.8. The zero-order chi connectivity index (χ0) is 29.8. The molecule has 1 atom stereocenters. The summed E-state index contributed by atoms with van der Waals surface area (Å²) in [5.74, 6) is 7.15. The van der Waals surface area contributed by atoms with Crippen molar-refractivity contribution in [2.75, 3.05) is 0 Å². The van der Waals surface area contributed by atoms with E-state index in [-0.39, 0.29) is 5.41 Å². The second kappa shape index (κ2) is 15.9. The van der Waals surface area contributed by atoms with Gasteiger partial charge in [-0.15, -0.1) is 0 Å². The van der Waals surface area contributed by atoms with Crippen molar-refractivity contribution < 1.29 is 0 Å². The Balaban J connectivity index is 1.81. The largest absolute Gasteiger partial charge is 0.0976 e. The minimum absolute atomic E-state index is 0.196. The lowest BCUT2D eigenvalue weighted by Crippen LogP contribution is -2.19. The number of rotatable bonds is 10. The number of hydrogen-bond donors (Lipinski definition) is 0. The lowest BCUT2D eigenvalue weighted by atomic mass is 9.72. The molecule has 0 bridgehead atoms. The molecule has 0 saturated heterocycles. The molecule has 0 amide bonds. The van der Waals surface area contributed by atoms with Crippen LogP contribution in [0.15, 0.2) is 106 Å². The van der Waals surface area contributed by atoms with E-state index in [9.17, 15) is 0 Å². The van der Waals surface area contributed by atoms with Crippen molar-refractivity contribution >= 4 is 0 Å². The zero-order valence-corrected chi connectivity index (χ0v) is 27.4. The monoisotopic (exact) mass is 536 g/mol. The van der Waals surface area contributed by atoms with Crippen molar-refractivity contribution in [3.8, 4) is 11.8 Å². The molecule has 0 aromatic heterocycles. The maximum Gasteiger partial charge on any atom is 0.0153 e. The summed E-state index contributed by atoms with van der Waals surface area (Å²) in [7, 11) is 0. The average molecular weight is 537 g/mol. The summed E-state index contributed by atoms with van der Waals surface area (Å²) in [6, 6.07) is 0. The van der Waals surface area contributed by atoms with Gasteiger partial charge >= 0.3 is 0 Å². The quantitative estimate of drug-likeness (QED) is 0.148. The van der Waals surface area contributed by atoms with Crippen LogP contribution in [0.2, 0.25) is 0 Å². The van der Waals surface area contributed by atoms with Crippen LogP contribution in [0.25, 0.3) is 0 Å². The summed E-state index contributed by atoms with van der Waals surface area (Å²) in [4.78, 5) is 0. The van der Waals surface area contributed by atoms with Gasteiger partial charge in [-0.1, -0.05) is 141 Å². The Labute approximate surface area is 248 Å². The van der Waals surface area contributed by atoms with Gasteiger partial charge in [0, 0.05) is 11.8 Å². The van der Waals surface area contributed by atoms with Crippen LogP contribution in [0.5, 0.6) is 0 Å². The Bertz CT molecular complexity index is 1210. The fourth-order valence-corrected chi connectivity index (χ4v) is 5.80. The normalized spacial score (nSPS) is 21.1. The first-order valence-electron chi connectivity index (χ1n) is 15.4. The summed E-state index contributed by atoms with van der Waals surface area (Å²) in [5.41, 5.74) is 10.5. The summed E-state index contributed by atoms with van der Waals surface area (Å²) in [5, 5.41) is 0. The van der Waals surface area contributed by atoms with Crippen molar-refractivity contribution in [3.63, 3.8) is 0 Å². The third-order valence-electron chi connectivity index (χ3n) is 8.42. The van der Waals surface area contributed by atoms with Crippen LogP contribution in [0.1, 0.15) is 114 Å². The molecule has 0 spiro atoms. The zero-order valence-electron chi connectivity index (χ0n) is 27.4. The Hall–Kier alpha value is -2.78. The molecule has 0 fully saturated rings. The van der Waals surface area contributed by atoms with Gasteiger partial charge in [-0.25, -0.2) is 0 Å². The molecule has 0 heteroatoms. The Morgan fingerprint density at radius 2 is 1.70 bits per heavy atom. The third-order valence-corrected chi connectivity index (χ3v) is 8.42. The van der Waals surface area contributed by atoms with Gasteiger partial charge in [-0.3, -0.25) is 0 Å². The van der Waals surface area contributed by atoms with E-state index in [1.54, 1.807) is 16.7 Å². The molecule has 1 unspecified atom stereocenters. The highest BCUT2D eigenvalue weighted by molar-refractivity contribution is 5.35. The van der Waals surface area contributed by atoms with Crippen LogP contribution >= 0.6 is 0 Å². The molecule has 2 aliphatic rings. The summed E-state index contributed by atoms with van der Waals surface area (Å²) < 4.78 is 0. The van der Waals surface area contributed by atoms with E-state index in [0.29, 0.717) is 11.3 Å². The standard InChI is InChI=1S/C40H56/c1-31(19-13-21-33(3)25-27-37-35(5)23-15-29-39(37,7)8)17-11-12-18-32(2)20-14-22-34(4)26-28-38-36(6)24-16-30-40(38,9)10/h11-13,15,17-19,21,26,28-29,34H,16,22-25,27,30H2,1-10H3/b12-11+,19-13-,28-26+,31-17+,32-18+,33-21+. The van der Waals surface area contributed by atoms with E-state index in [1.165, 1.54) is 36.0 Å². The van der Waals surface area contributed by atoms with Gasteiger partial charge in [0.1, 0.15) is 0 Å². The average Bonchev–Trinajstić information content (AvgIpc) is 2.85. The molecule has 0 nitrogen and oxygen atoms in total. The number of hydrogen-bond acceptors (Lipinski definition) is 0. The highest BCUT2D eigenvalue weighted by Gasteiger charge is 2.26. The van der Waals surface area contributed by atoms with Crippen molar-refractivity contribution in [1.82, 2.24) is 0 Å². The fraction of sp³-hybridized carbons (Fsp3) is 0.500. The van der Waals surface area contributed by atoms with Gasteiger partial charge in [-0.05, 0) is 95.6 Å². The molecular formula is C40H56. The Kier molecular flexibility index (Phi) is 13.3. The van der Waals surface area contributed by atoms with Crippen LogP contribution < -0.4 is 0 Å². The molecular weight excluding hydrogens is 480 g/mol. The van der Waals surface area contributed by atoms with Gasteiger partial charge in [0.05, 0.1) is 0 Å². The SMILES string of the molecule is CC1=C(CC/C(C)=C/C=C\C(C)=C\C=C\C=C(/C)C#CCC(C)/C=C/C2=C(C)CCCC2(C)C)C(C)(C)C=CC1.